The smallest absolute Gasteiger partial charge is 0.220 e. The zero-order valence-electron chi connectivity index (χ0n) is 20.8. The highest BCUT2D eigenvalue weighted by atomic mass is 32.2. The number of aromatic nitrogens is 3. The highest BCUT2D eigenvalue weighted by Gasteiger charge is 2.15. The minimum absolute atomic E-state index is 0.0415. The van der Waals surface area contributed by atoms with Crippen molar-refractivity contribution in [3.63, 3.8) is 0 Å². The van der Waals surface area contributed by atoms with Crippen LogP contribution < -0.4 is 10.1 Å². The summed E-state index contributed by atoms with van der Waals surface area (Å²) in [5.74, 6) is 2.58. The number of thioether (sulfide) groups is 1. The Hall–Kier alpha value is -3.58. The average molecular weight is 501 g/mol. The molecule has 186 valence electrons. The number of benzene rings is 3. The first-order valence-electron chi connectivity index (χ1n) is 12.2. The van der Waals surface area contributed by atoms with Crippen LogP contribution in [0.4, 0.5) is 0 Å². The predicted octanol–water partition coefficient (Wildman–Crippen LogP) is 5.91. The first kappa shape index (κ1) is 25.5. The van der Waals surface area contributed by atoms with E-state index in [4.69, 9.17) is 4.74 Å². The molecule has 0 radical (unpaired) electrons. The van der Waals surface area contributed by atoms with Crippen molar-refractivity contribution < 1.29 is 9.53 Å². The monoisotopic (exact) mass is 500 g/mol. The van der Waals surface area contributed by atoms with Crippen LogP contribution in [0, 0.1) is 6.92 Å². The third-order valence-electron chi connectivity index (χ3n) is 5.93. The summed E-state index contributed by atoms with van der Waals surface area (Å²) in [6, 6.07) is 26.5. The lowest BCUT2D eigenvalue weighted by atomic mass is 10.1. The molecule has 3 aromatic carbocycles. The molecular formula is C29H32N4O2S. The van der Waals surface area contributed by atoms with Crippen LogP contribution in [0.3, 0.4) is 0 Å². The molecule has 36 heavy (non-hydrogen) atoms. The maximum absolute atomic E-state index is 12.4. The number of hydrogen-bond acceptors (Lipinski definition) is 5. The zero-order valence-corrected chi connectivity index (χ0v) is 21.6. The topological polar surface area (TPSA) is 69.0 Å². The van der Waals surface area contributed by atoms with Gasteiger partial charge in [-0.2, -0.15) is 0 Å². The first-order valence-corrected chi connectivity index (χ1v) is 13.2. The summed E-state index contributed by atoms with van der Waals surface area (Å²) in [5.41, 5.74) is 4.54. The molecular weight excluding hydrogens is 468 g/mol. The Morgan fingerprint density at radius 3 is 2.47 bits per heavy atom. The van der Waals surface area contributed by atoms with Gasteiger partial charge in [0.25, 0.3) is 0 Å². The maximum Gasteiger partial charge on any atom is 0.220 e. The lowest BCUT2D eigenvalue weighted by molar-refractivity contribution is -0.121. The summed E-state index contributed by atoms with van der Waals surface area (Å²) in [5, 5.41) is 12.9. The fraction of sp³-hybridized carbons (Fsp3) is 0.276. The van der Waals surface area contributed by atoms with Gasteiger partial charge in [0.05, 0.1) is 7.11 Å². The van der Waals surface area contributed by atoms with Crippen LogP contribution in [0.5, 0.6) is 5.75 Å². The van der Waals surface area contributed by atoms with Gasteiger partial charge in [0.15, 0.2) is 5.16 Å². The second-order valence-corrected chi connectivity index (χ2v) is 9.58. The number of nitrogens with zero attached hydrogens (tertiary/aromatic N) is 3. The van der Waals surface area contributed by atoms with Gasteiger partial charge >= 0.3 is 0 Å². The van der Waals surface area contributed by atoms with Crippen molar-refractivity contribution >= 4 is 17.7 Å². The van der Waals surface area contributed by atoms with E-state index < -0.39 is 0 Å². The third-order valence-corrected chi connectivity index (χ3v) is 6.93. The predicted molar refractivity (Wildman–Crippen MR) is 144 cm³/mol. The van der Waals surface area contributed by atoms with E-state index in [1.807, 2.05) is 42.5 Å². The molecule has 4 rings (SSSR count). The number of carbonyl (C=O) groups excluding carboxylic acids is 1. The molecule has 0 bridgehead atoms. The van der Waals surface area contributed by atoms with E-state index in [1.165, 1.54) is 11.1 Å². The van der Waals surface area contributed by atoms with Crippen molar-refractivity contribution in [1.82, 2.24) is 20.1 Å². The molecule has 0 aliphatic heterocycles. The summed E-state index contributed by atoms with van der Waals surface area (Å²) >= 11 is 1.69. The number of carbonyl (C=O) groups is 1. The van der Waals surface area contributed by atoms with E-state index >= 15 is 0 Å². The van der Waals surface area contributed by atoms with Crippen LogP contribution >= 0.6 is 11.8 Å². The van der Waals surface area contributed by atoms with Crippen LogP contribution in [0.25, 0.3) is 5.69 Å². The molecule has 0 fully saturated rings. The van der Waals surface area contributed by atoms with Crippen molar-refractivity contribution in [2.24, 2.45) is 0 Å². The van der Waals surface area contributed by atoms with Gasteiger partial charge in [0.1, 0.15) is 11.6 Å². The molecule has 0 spiro atoms. The first-order chi connectivity index (χ1) is 17.6. The van der Waals surface area contributed by atoms with E-state index in [0.717, 1.165) is 53.0 Å². The largest absolute Gasteiger partial charge is 0.496 e. The summed E-state index contributed by atoms with van der Waals surface area (Å²) in [4.78, 5) is 12.4. The molecule has 4 aromatic rings. The van der Waals surface area contributed by atoms with Crippen LogP contribution in [0.15, 0.2) is 84.0 Å². The highest BCUT2D eigenvalue weighted by Crippen LogP contribution is 2.26. The maximum atomic E-state index is 12.4. The Labute approximate surface area is 217 Å². The SMILES string of the molecule is COc1ccccc1CNC(=O)CCCCc1nnc(SCc2ccc(C)cc2)n1-c1ccccc1. The van der Waals surface area contributed by atoms with Crippen LogP contribution in [0.1, 0.15) is 41.8 Å². The number of unbranched alkanes of at least 4 members (excludes halogenated alkanes) is 1. The zero-order chi connectivity index (χ0) is 25.2. The second kappa shape index (κ2) is 12.9. The van der Waals surface area contributed by atoms with Gasteiger partial charge in [0, 0.05) is 36.4 Å². The van der Waals surface area contributed by atoms with E-state index in [0.29, 0.717) is 13.0 Å². The van der Waals surface area contributed by atoms with Crippen molar-refractivity contribution in [3.8, 4) is 11.4 Å². The van der Waals surface area contributed by atoms with Crippen LogP contribution in [-0.2, 0) is 23.5 Å². The Kier molecular flexibility index (Phi) is 9.16. The lowest BCUT2D eigenvalue weighted by Crippen LogP contribution is -2.22. The number of ether oxygens (including phenoxy) is 1. The molecule has 0 aliphatic rings. The quantitative estimate of drug-likeness (QED) is 0.194. The van der Waals surface area contributed by atoms with Gasteiger partial charge < -0.3 is 10.1 Å². The van der Waals surface area contributed by atoms with Gasteiger partial charge in [0.2, 0.25) is 5.91 Å². The summed E-state index contributed by atoms with van der Waals surface area (Å²) < 4.78 is 7.49. The number of methoxy groups -OCH3 is 1. The average Bonchev–Trinajstić information content (AvgIpc) is 3.33. The Balaban J connectivity index is 1.32. The van der Waals surface area contributed by atoms with Gasteiger partial charge in [-0.1, -0.05) is 78.0 Å². The minimum atomic E-state index is 0.0415. The van der Waals surface area contributed by atoms with Crippen molar-refractivity contribution in [2.75, 3.05) is 7.11 Å². The second-order valence-electron chi connectivity index (χ2n) is 8.64. The van der Waals surface area contributed by atoms with Crippen molar-refractivity contribution in [3.05, 3.63) is 101 Å². The molecule has 0 saturated carbocycles. The number of hydrogen-bond donors (Lipinski definition) is 1. The summed E-state index contributed by atoms with van der Waals surface area (Å²) in [6.07, 6.45) is 2.87. The molecule has 0 atom stereocenters. The third kappa shape index (κ3) is 6.98. The van der Waals surface area contributed by atoms with E-state index in [9.17, 15) is 4.79 Å². The number of nitrogens with one attached hydrogen (secondary N) is 1. The molecule has 6 nitrogen and oxygen atoms in total. The molecule has 0 saturated heterocycles. The molecule has 0 aliphatic carbocycles. The van der Waals surface area contributed by atoms with E-state index in [2.05, 4.69) is 63.4 Å². The fourth-order valence-corrected chi connectivity index (χ4v) is 4.85. The Morgan fingerprint density at radius 1 is 0.944 bits per heavy atom. The van der Waals surface area contributed by atoms with Crippen LogP contribution in [-0.4, -0.2) is 27.8 Å². The lowest BCUT2D eigenvalue weighted by Gasteiger charge is -2.11. The summed E-state index contributed by atoms with van der Waals surface area (Å²) in [7, 11) is 1.64. The van der Waals surface area contributed by atoms with Gasteiger partial charge in [-0.25, -0.2) is 0 Å². The standard InChI is InChI=1S/C29H32N4O2S/c1-22-16-18-23(19-17-22)21-36-29-32-31-27(33(29)25-11-4-3-5-12-25)14-8-9-15-28(34)30-20-24-10-6-7-13-26(24)35-2/h3-7,10-13,16-19H,8-9,14-15,20-21H2,1-2H3,(H,30,34). The minimum Gasteiger partial charge on any atom is -0.496 e. The molecule has 7 heteroatoms. The molecule has 1 N–H and O–H groups in total. The van der Waals surface area contributed by atoms with Gasteiger partial charge in [-0.05, 0) is 43.5 Å². The number of rotatable bonds is 12. The van der Waals surface area contributed by atoms with Gasteiger partial charge in [-0.3, -0.25) is 9.36 Å². The normalized spacial score (nSPS) is 10.8. The van der Waals surface area contributed by atoms with Crippen molar-refractivity contribution in [1.29, 1.82) is 0 Å². The number of para-hydroxylation sites is 2. The van der Waals surface area contributed by atoms with Crippen molar-refractivity contribution in [2.45, 2.75) is 50.1 Å². The number of aryl methyl sites for hydroxylation is 2. The Bertz CT molecular complexity index is 1260. The molecule has 1 amide bonds. The van der Waals surface area contributed by atoms with Crippen LogP contribution in [0.2, 0.25) is 0 Å². The van der Waals surface area contributed by atoms with E-state index in [-0.39, 0.29) is 5.91 Å². The van der Waals surface area contributed by atoms with Gasteiger partial charge in [-0.15, -0.1) is 10.2 Å². The molecule has 0 unspecified atom stereocenters. The van der Waals surface area contributed by atoms with E-state index in [1.54, 1.807) is 18.9 Å². The fourth-order valence-electron chi connectivity index (χ4n) is 3.92. The number of amides is 1. The Morgan fingerprint density at radius 2 is 1.69 bits per heavy atom. The summed E-state index contributed by atoms with van der Waals surface area (Å²) in [6.45, 7) is 2.56. The molecule has 1 aromatic heterocycles. The molecule has 1 heterocycles. The highest BCUT2D eigenvalue weighted by molar-refractivity contribution is 7.98.